The number of likely N-dealkylation sites (tertiary alicyclic amines) is 2. The standard InChI is InChI=1S/C29H42ClN3OSi.C16H24ClIN2Si.C13H17NO/c1-20(2)35(21(3)4,22(5)6)33-16-14-25-27(26(30)17-31-29(25)33)28(34)24-13-10-15-32(19-24)18-23-11-8-7-9-12-23;1-10(2)21(11(3)4,12(5)6)20-8-7-13-15(18)14(17)9-19-16(13)20;15-11-13-7-4-8-14(10-13)9-12-5-2-1-3-6-12/h7-9,11-12,14,16-17,20-22,24,28,34H,10,13,15,18-19H2,1-6H3;7-12H,1-6H3;1-3,5-6,11,13H,4,7-10H2. The van der Waals surface area contributed by atoms with E-state index in [4.69, 9.17) is 28.2 Å². The number of aromatic nitrogens is 4. The molecule has 0 amide bonds. The normalized spacial score (nSPS) is 17.9. The molecule has 3 unspecified atom stereocenters. The first-order valence-electron chi connectivity index (χ1n) is 26.4. The summed E-state index contributed by atoms with van der Waals surface area (Å²) in [7, 11) is -3.71. The van der Waals surface area contributed by atoms with Gasteiger partial charge >= 0.3 is 0 Å². The number of aliphatic hydroxyl groups is 1. The van der Waals surface area contributed by atoms with E-state index in [0.717, 1.165) is 102 Å². The highest BCUT2D eigenvalue weighted by Crippen LogP contribution is 2.47. The molecule has 2 aliphatic rings. The van der Waals surface area contributed by atoms with Crippen LogP contribution in [0.15, 0.2) is 97.6 Å². The van der Waals surface area contributed by atoms with E-state index in [-0.39, 0.29) is 11.8 Å². The van der Waals surface area contributed by atoms with Crippen LogP contribution in [0.4, 0.5) is 0 Å². The summed E-state index contributed by atoms with van der Waals surface area (Å²) >= 11 is 15.3. The van der Waals surface area contributed by atoms with Crippen LogP contribution in [0, 0.1) is 15.4 Å². The molecular formula is C58H83Cl2IN6O2Si2. The van der Waals surface area contributed by atoms with Crippen LogP contribution >= 0.6 is 45.8 Å². The Morgan fingerprint density at radius 1 is 0.620 bits per heavy atom. The molecule has 0 bridgehead atoms. The summed E-state index contributed by atoms with van der Waals surface area (Å²) in [5.41, 5.74) is 9.27. The minimum absolute atomic E-state index is 0.154. The molecule has 6 heterocycles. The maximum atomic E-state index is 11.7. The van der Waals surface area contributed by atoms with Crippen molar-refractivity contribution in [1.29, 1.82) is 0 Å². The number of aliphatic hydroxyl groups excluding tert-OH is 1. The Morgan fingerprint density at radius 2 is 1.04 bits per heavy atom. The molecule has 2 saturated heterocycles. The SMILES string of the molecule is CC(C)[Si](C(C)C)(C(C)C)n1ccc2c(C(O)C3CCCN(Cc4ccccc4)C3)c(Cl)cnc21.CC(C)[Si](C(C)C)(C(C)C)n1ccc2c(I)c(Cl)cnc21.O=CC1CCCN(Cc2ccccc2)C1. The summed E-state index contributed by atoms with van der Waals surface area (Å²) in [5.74, 6) is 0.406. The lowest BCUT2D eigenvalue weighted by Crippen LogP contribution is -2.51. The predicted molar refractivity (Wildman–Crippen MR) is 315 cm³/mol. The molecule has 1 N–H and O–H groups in total. The minimum atomic E-state index is -1.96. The number of nitrogens with zero attached hydrogens (tertiary/aromatic N) is 6. The quantitative estimate of drug-likeness (QED) is 0.0627. The van der Waals surface area contributed by atoms with Crippen LogP contribution in [0.2, 0.25) is 43.3 Å². The number of benzene rings is 2. The van der Waals surface area contributed by atoms with Gasteiger partial charge in [0.2, 0.25) is 0 Å². The molecule has 2 aliphatic heterocycles. The summed E-state index contributed by atoms with van der Waals surface area (Å²) in [5, 5.41) is 15.2. The van der Waals surface area contributed by atoms with E-state index in [0.29, 0.717) is 38.3 Å². The van der Waals surface area contributed by atoms with E-state index in [1.807, 2.05) is 6.07 Å². The maximum absolute atomic E-state index is 11.7. The number of carbonyl (C=O) groups is 1. The number of hydrogen-bond acceptors (Lipinski definition) is 6. The molecule has 6 aromatic rings. The number of piperidine rings is 2. The van der Waals surface area contributed by atoms with Crippen molar-refractivity contribution < 1.29 is 9.90 Å². The molecule has 71 heavy (non-hydrogen) atoms. The lowest BCUT2D eigenvalue weighted by atomic mass is 9.87. The van der Waals surface area contributed by atoms with Crippen molar-refractivity contribution in [3.8, 4) is 0 Å². The summed E-state index contributed by atoms with van der Waals surface area (Å²) in [6.07, 6.45) is 12.9. The van der Waals surface area contributed by atoms with Crippen LogP contribution < -0.4 is 0 Å². The Bertz CT molecular complexity index is 2580. The first-order valence-corrected chi connectivity index (χ1v) is 32.6. The van der Waals surface area contributed by atoms with Gasteiger partial charge in [0.15, 0.2) is 16.5 Å². The fourth-order valence-electron chi connectivity index (χ4n) is 13.5. The molecule has 13 heteroatoms. The van der Waals surface area contributed by atoms with E-state index in [2.05, 4.69) is 208 Å². The van der Waals surface area contributed by atoms with E-state index in [9.17, 15) is 9.90 Å². The topological polar surface area (TPSA) is 79.4 Å². The lowest BCUT2D eigenvalue weighted by Gasteiger charge is -2.44. The van der Waals surface area contributed by atoms with Gasteiger partial charge in [-0.1, -0.05) is 167 Å². The van der Waals surface area contributed by atoms with Crippen molar-refractivity contribution in [1.82, 2.24) is 28.2 Å². The van der Waals surface area contributed by atoms with E-state index in [1.54, 1.807) is 12.4 Å². The number of fused-ring (bicyclic) bond motifs is 2. The number of rotatable bonds is 15. The van der Waals surface area contributed by atoms with Gasteiger partial charge in [-0.2, -0.15) is 0 Å². The minimum Gasteiger partial charge on any atom is -0.388 e. The summed E-state index contributed by atoms with van der Waals surface area (Å²) in [6.45, 7) is 34.3. The van der Waals surface area contributed by atoms with Crippen LogP contribution in [0.3, 0.4) is 0 Å². The van der Waals surface area contributed by atoms with Gasteiger partial charge in [-0.3, -0.25) is 9.80 Å². The summed E-state index contributed by atoms with van der Waals surface area (Å²) < 4.78 is 6.15. The highest BCUT2D eigenvalue weighted by atomic mass is 127. The summed E-state index contributed by atoms with van der Waals surface area (Å²) in [4.78, 5) is 25.1. The average Bonchev–Trinajstić information content (AvgIpc) is 3.96. The maximum Gasteiger partial charge on any atom is 0.171 e. The van der Waals surface area contributed by atoms with Crippen molar-refractivity contribution in [2.75, 3.05) is 26.2 Å². The van der Waals surface area contributed by atoms with Gasteiger partial charge in [-0.05, 0) is 130 Å². The van der Waals surface area contributed by atoms with Crippen LogP contribution in [-0.4, -0.2) is 82.3 Å². The Balaban J connectivity index is 0.000000193. The molecule has 3 atom stereocenters. The molecule has 0 saturated carbocycles. The Kier molecular flexibility index (Phi) is 20.7. The smallest absolute Gasteiger partial charge is 0.171 e. The molecular weight excluding hydrogens is 1070 g/mol. The number of halogens is 3. The number of pyridine rings is 2. The fourth-order valence-corrected chi connectivity index (χ4v) is 27.5. The van der Waals surface area contributed by atoms with Gasteiger partial charge in [-0.25, -0.2) is 9.97 Å². The Hall–Kier alpha value is -2.89. The monoisotopic (exact) mass is 1150 g/mol. The van der Waals surface area contributed by atoms with E-state index >= 15 is 0 Å². The summed E-state index contributed by atoms with van der Waals surface area (Å²) in [6, 6.07) is 25.4. The van der Waals surface area contributed by atoms with Gasteiger partial charge in [0.25, 0.3) is 0 Å². The third kappa shape index (κ3) is 12.5. The van der Waals surface area contributed by atoms with Crippen LogP contribution in [0.5, 0.6) is 0 Å². The van der Waals surface area contributed by atoms with Crippen molar-refractivity contribution >= 4 is 90.6 Å². The number of hydrogen-bond donors (Lipinski definition) is 1. The predicted octanol–water partition coefficient (Wildman–Crippen LogP) is 16.1. The van der Waals surface area contributed by atoms with Crippen LogP contribution in [0.1, 0.15) is 132 Å². The van der Waals surface area contributed by atoms with Gasteiger partial charge < -0.3 is 18.4 Å². The van der Waals surface area contributed by atoms with E-state index < -0.39 is 22.6 Å². The second-order valence-electron chi connectivity index (χ2n) is 22.3. The number of aldehydes is 1. The molecule has 4 aromatic heterocycles. The third-order valence-corrected chi connectivity index (χ3v) is 31.8. The highest BCUT2D eigenvalue weighted by Gasteiger charge is 2.47. The lowest BCUT2D eigenvalue weighted by molar-refractivity contribution is -0.112. The Labute approximate surface area is 452 Å². The molecule has 8 nitrogen and oxygen atoms in total. The van der Waals surface area contributed by atoms with Gasteiger partial charge in [0, 0.05) is 70.3 Å². The van der Waals surface area contributed by atoms with Crippen molar-refractivity contribution in [2.24, 2.45) is 11.8 Å². The fraction of sp³-hybridized carbons (Fsp3) is 0.534. The van der Waals surface area contributed by atoms with Crippen LogP contribution in [-0.2, 0) is 17.9 Å². The molecule has 8 rings (SSSR count). The first kappa shape index (κ1) is 57.4. The average molecular weight is 1150 g/mol. The molecule has 2 aromatic carbocycles. The first-order chi connectivity index (χ1) is 33.8. The zero-order valence-electron chi connectivity index (χ0n) is 44.8. The van der Waals surface area contributed by atoms with Crippen molar-refractivity contribution in [2.45, 2.75) is 161 Å². The molecule has 0 spiro atoms. The van der Waals surface area contributed by atoms with Crippen LogP contribution in [0.25, 0.3) is 22.1 Å². The van der Waals surface area contributed by atoms with E-state index in [1.165, 1.54) is 16.5 Å². The molecule has 2 fully saturated rings. The zero-order valence-corrected chi connectivity index (χ0v) is 50.4. The second kappa shape index (κ2) is 25.6. The van der Waals surface area contributed by atoms with Crippen molar-refractivity contribution in [3.05, 3.63) is 128 Å². The van der Waals surface area contributed by atoms with Gasteiger partial charge in [0.05, 0.1) is 16.1 Å². The second-order valence-corrected chi connectivity index (χ2v) is 35.6. The largest absolute Gasteiger partial charge is 0.388 e. The van der Waals surface area contributed by atoms with Crippen molar-refractivity contribution in [3.63, 3.8) is 0 Å². The Morgan fingerprint density at radius 3 is 1.51 bits per heavy atom. The molecule has 0 aliphatic carbocycles. The highest BCUT2D eigenvalue weighted by molar-refractivity contribution is 14.1. The number of carbonyl (C=O) groups excluding carboxylic acids is 1. The molecule has 386 valence electrons. The molecule has 0 radical (unpaired) electrons. The van der Waals surface area contributed by atoms with Gasteiger partial charge in [0.1, 0.15) is 17.6 Å². The zero-order chi connectivity index (χ0) is 51.8. The van der Waals surface area contributed by atoms with Gasteiger partial charge in [-0.15, -0.1) is 0 Å². The third-order valence-electron chi connectivity index (χ3n) is 16.2.